The largest absolute Gasteiger partial charge is 0.403 e. The lowest BCUT2D eigenvalue weighted by Crippen LogP contribution is -2.24. The summed E-state index contributed by atoms with van der Waals surface area (Å²) in [4.78, 5) is 13.3. The van der Waals surface area contributed by atoms with E-state index in [1.807, 2.05) is 0 Å². The Morgan fingerprint density at radius 3 is 3.00 bits per heavy atom. The quantitative estimate of drug-likeness (QED) is 0.881. The average molecular weight is 293 g/mol. The summed E-state index contributed by atoms with van der Waals surface area (Å²) in [5.41, 5.74) is 0.487. The summed E-state index contributed by atoms with van der Waals surface area (Å²) in [5, 5.41) is 7.73. The minimum Gasteiger partial charge on any atom is -0.403 e. The number of halogens is 1. The molecule has 0 saturated carbocycles. The number of anilines is 1. The molecule has 0 aliphatic carbocycles. The van der Waals surface area contributed by atoms with Crippen LogP contribution < -0.4 is 4.90 Å². The summed E-state index contributed by atoms with van der Waals surface area (Å²) >= 11 is 4.20. The number of nitrogens with zero attached hydrogens (tertiary/aromatic N) is 3. The van der Waals surface area contributed by atoms with Crippen LogP contribution in [0.25, 0.3) is 11.5 Å². The number of hydrogen-bond acceptors (Lipinski definition) is 5. The molecule has 1 aliphatic rings. The van der Waals surface area contributed by atoms with Crippen molar-refractivity contribution in [3.8, 4) is 11.5 Å². The van der Waals surface area contributed by atoms with Crippen molar-refractivity contribution in [2.75, 3.05) is 17.2 Å². The number of rotatable bonds is 3. The smallest absolute Gasteiger partial charge is 0.325 e. The van der Waals surface area contributed by atoms with Gasteiger partial charge in [0.05, 0.1) is 0 Å². The highest BCUT2D eigenvalue weighted by molar-refractivity contribution is 7.80. The Labute approximate surface area is 120 Å². The van der Waals surface area contributed by atoms with Crippen LogP contribution in [0, 0.1) is 11.7 Å². The van der Waals surface area contributed by atoms with Gasteiger partial charge in [-0.25, -0.2) is 4.39 Å². The molecule has 2 aromatic rings. The second-order valence-electron chi connectivity index (χ2n) is 4.66. The molecule has 0 spiro atoms. The van der Waals surface area contributed by atoms with Crippen LogP contribution in [0.2, 0.25) is 0 Å². The molecule has 0 radical (unpaired) electrons. The Balaban J connectivity index is 1.86. The first-order valence-corrected chi connectivity index (χ1v) is 6.81. The van der Waals surface area contributed by atoms with Crippen molar-refractivity contribution in [3.05, 3.63) is 30.1 Å². The van der Waals surface area contributed by atoms with Gasteiger partial charge in [0.15, 0.2) is 0 Å². The Hall–Kier alpha value is -1.89. The van der Waals surface area contributed by atoms with E-state index in [9.17, 15) is 9.18 Å². The Morgan fingerprint density at radius 1 is 1.45 bits per heavy atom. The first kappa shape index (κ1) is 13.1. The maximum absolute atomic E-state index is 13.2. The van der Waals surface area contributed by atoms with Gasteiger partial charge in [-0.05, 0) is 29.9 Å². The monoisotopic (exact) mass is 293 g/mol. The molecule has 3 rings (SSSR count). The molecule has 1 amide bonds. The number of amides is 1. The zero-order valence-corrected chi connectivity index (χ0v) is 11.4. The maximum atomic E-state index is 13.2. The van der Waals surface area contributed by atoms with Crippen molar-refractivity contribution in [1.82, 2.24) is 10.2 Å². The van der Waals surface area contributed by atoms with Gasteiger partial charge in [0, 0.05) is 18.5 Å². The van der Waals surface area contributed by atoms with E-state index in [0.717, 1.165) is 0 Å². The van der Waals surface area contributed by atoms with Crippen molar-refractivity contribution in [3.63, 3.8) is 0 Å². The van der Waals surface area contributed by atoms with Crippen molar-refractivity contribution in [2.45, 2.75) is 6.42 Å². The number of carbonyl (C=O) groups excluding carboxylic acids is 1. The van der Waals surface area contributed by atoms with Crippen LogP contribution in [0.3, 0.4) is 0 Å². The van der Waals surface area contributed by atoms with E-state index < -0.39 is 0 Å². The number of carbonyl (C=O) groups is 1. The van der Waals surface area contributed by atoms with Gasteiger partial charge in [0.25, 0.3) is 0 Å². The number of thiol groups is 1. The molecular formula is C13H12FN3O2S. The van der Waals surface area contributed by atoms with Gasteiger partial charge in [-0.3, -0.25) is 9.69 Å². The van der Waals surface area contributed by atoms with Crippen LogP contribution in [0.15, 0.2) is 28.7 Å². The molecule has 20 heavy (non-hydrogen) atoms. The minimum atomic E-state index is -0.380. The fraction of sp³-hybridized carbons (Fsp3) is 0.308. The molecule has 1 aromatic heterocycles. The zero-order valence-electron chi connectivity index (χ0n) is 10.5. The lowest BCUT2D eigenvalue weighted by molar-refractivity contribution is -0.117. The molecule has 104 valence electrons. The SMILES string of the molecule is O=C1CC(CS)CN1c1nnc(-c2cccc(F)c2)o1. The van der Waals surface area contributed by atoms with E-state index >= 15 is 0 Å². The fourth-order valence-corrected chi connectivity index (χ4v) is 2.40. The molecule has 5 nitrogen and oxygen atoms in total. The van der Waals surface area contributed by atoms with E-state index in [2.05, 4.69) is 22.8 Å². The molecule has 2 heterocycles. The van der Waals surface area contributed by atoms with E-state index in [0.29, 0.717) is 24.3 Å². The molecule has 1 aromatic carbocycles. The Bertz CT molecular complexity index is 646. The van der Waals surface area contributed by atoms with E-state index in [-0.39, 0.29) is 29.5 Å². The van der Waals surface area contributed by atoms with Gasteiger partial charge in [-0.1, -0.05) is 11.2 Å². The zero-order chi connectivity index (χ0) is 14.1. The molecular weight excluding hydrogens is 281 g/mol. The van der Waals surface area contributed by atoms with Gasteiger partial charge in [0.1, 0.15) is 5.82 Å². The predicted molar refractivity (Wildman–Crippen MR) is 74.0 cm³/mol. The summed E-state index contributed by atoms with van der Waals surface area (Å²) in [5.74, 6) is 0.581. The average Bonchev–Trinajstić information content (AvgIpc) is 3.05. The lowest BCUT2D eigenvalue weighted by Gasteiger charge is -2.09. The Morgan fingerprint density at radius 2 is 2.30 bits per heavy atom. The molecule has 0 bridgehead atoms. The van der Waals surface area contributed by atoms with E-state index in [4.69, 9.17) is 4.42 Å². The van der Waals surface area contributed by atoms with Crippen LogP contribution in [-0.2, 0) is 4.79 Å². The highest BCUT2D eigenvalue weighted by Gasteiger charge is 2.33. The summed E-state index contributed by atoms with van der Waals surface area (Å²) in [6.45, 7) is 0.521. The van der Waals surface area contributed by atoms with Crippen molar-refractivity contribution in [2.24, 2.45) is 5.92 Å². The number of hydrogen-bond donors (Lipinski definition) is 1. The predicted octanol–water partition coefficient (Wildman–Crippen LogP) is 2.16. The molecule has 7 heteroatoms. The van der Waals surface area contributed by atoms with E-state index in [1.165, 1.54) is 17.0 Å². The third kappa shape index (κ3) is 2.40. The second kappa shape index (κ2) is 5.24. The summed E-state index contributed by atoms with van der Waals surface area (Å²) < 4.78 is 18.6. The van der Waals surface area contributed by atoms with Gasteiger partial charge >= 0.3 is 6.01 Å². The van der Waals surface area contributed by atoms with Crippen molar-refractivity contribution < 1.29 is 13.6 Å². The first-order valence-electron chi connectivity index (χ1n) is 6.18. The van der Waals surface area contributed by atoms with Crippen LogP contribution in [0.4, 0.5) is 10.4 Å². The van der Waals surface area contributed by atoms with Crippen LogP contribution in [-0.4, -0.2) is 28.4 Å². The molecule has 1 unspecified atom stereocenters. The van der Waals surface area contributed by atoms with Crippen LogP contribution in [0.5, 0.6) is 0 Å². The standard InChI is InChI=1S/C13H12FN3O2S/c14-10-3-1-2-9(5-10)12-15-16-13(19-12)17-6-8(7-20)4-11(17)18/h1-3,5,8,20H,4,6-7H2. The fourth-order valence-electron chi connectivity index (χ4n) is 2.15. The van der Waals surface area contributed by atoms with Gasteiger partial charge in [-0.2, -0.15) is 12.6 Å². The van der Waals surface area contributed by atoms with Crippen LogP contribution >= 0.6 is 12.6 Å². The minimum absolute atomic E-state index is 0.0570. The molecule has 1 fully saturated rings. The van der Waals surface area contributed by atoms with Gasteiger partial charge in [-0.15, -0.1) is 5.10 Å². The third-order valence-corrected chi connectivity index (χ3v) is 3.70. The summed E-state index contributed by atoms with van der Waals surface area (Å²) in [6, 6.07) is 6.02. The lowest BCUT2D eigenvalue weighted by atomic mass is 10.1. The molecule has 0 N–H and O–H groups in total. The number of benzene rings is 1. The van der Waals surface area contributed by atoms with Gasteiger partial charge < -0.3 is 4.42 Å². The molecule has 1 atom stereocenters. The molecule has 1 saturated heterocycles. The van der Waals surface area contributed by atoms with Gasteiger partial charge in [0.2, 0.25) is 11.8 Å². The highest BCUT2D eigenvalue weighted by atomic mass is 32.1. The highest BCUT2D eigenvalue weighted by Crippen LogP contribution is 2.27. The maximum Gasteiger partial charge on any atom is 0.325 e. The van der Waals surface area contributed by atoms with Crippen molar-refractivity contribution >= 4 is 24.6 Å². The van der Waals surface area contributed by atoms with Crippen LogP contribution in [0.1, 0.15) is 6.42 Å². The number of aromatic nitrogens is 2. The topological polar surface area (TPSA) is 59.2 Å². The van der Waals surface area contributed by atoms with E-state index in [1.54, 1.807) is 12.1 Å². The second-order valence-corrected chi connectivity index (χ2v) is 5.02. The first-order chi connectivity index (χ1) is 9.67. The summed E-state index contributed by atoms with van der Waals surface area (Å²) in [7, 11) is 0. The summed E-state index contributed by atoms with van der Waals surface area (Å²) in [6.07, 6.45) is 0.432. The third-order valence-electron chi connectivity index (χ3n) is 3.18. The normalized spacial score (nSPS) is 18.8. The molecule has 1 aliphatic heterocycles. The Kier molecular flexibility index (Phi) is 3.43. The van der Waals surface area contributed by atoms with Crippen molar-refractivity contribution in [1.29, 1.82) is 0 Å².